The van der Waals surface area contributed by atoms with Gasteiger partial charge in [0.2, 0.25) is 0 Å². The third kappa shape index (κ3) is 7.50. The monoisotopic (exact) mass is 390 g/mol. The lowest BCUT2D eigenvalue weighted by atomic mass is 10.2. The molecule has 7 nitrogen and oxygen atoms in total. The normalized spacial score (nSPS) is 12.3. The predicted octanol–water partition coefficient (Wildman–Crippen LogP) is 2.15. The molecule has 156 valence electrons. The summed E-state index contributed by atoms with van der Waals surface area (Å²) in [5.74, 6) is 1.35. The van der Waals surface area contributed by atoms with Crippen molar-refractivity contribution in [2.75, 3.05) is 39.9 Å². The summed E-state index contributed by atoms with van der Waals surface area (Å²) in [5.41, 5.74) is 1.13. The highest BCUT2D eigenvalue weighted by Gasteiger charge is 2.12. The Morgan fingerprint density at radius 1 is 1.25 bits per heavy atom. The highest BCUT2D eigenvalue weighted by atomic mass is 16.5. The molecule has 0 aliphatic heterocycles. The molecule has 7 heteroatoms. The van der Waals surface area contributed by atoms with Crippen LogP contribution in [0, 0.1) is 0 Å². The molecule has 1 atom stereocenters. The van der Waals surface area contributed by atoms with Crippen molar-refractivity contribution < 1.29 is 14.6 Å². The van der Waals surface area contributed by atoms with E-state index in [1.165, 1.54) is 0 Å². The third-order valence-corrected chi connectivity index (χ3v) is 4.68. The summed E-state index contributed by atoms with van der Waals surface area (Å²) in [4.78, 5) is 6.22. The Morgan fingerprint density at radius 2 is 2.07 bits per heavy atom. The average molecular weight is 391 g/mol. The number of aromatic nitrogens is 2. The van der Waals surface area contributed by atoms with Gasteiger partial charge in [0.25, 0.3) is 0 Å². The zero-order chi connectivity index (χ0) is 20.2. The number of benzene rings is 1. The van der Waals surface area contributed by atoms with Crippen LogP contribution in [0.4, 0.5) is 0 Å². The van der Waals surface area contributed by atoms with E-state index in [4.69, 9.17) is 9.47 Å². The van der Waals surface area contributed by atoms with E-state index >= 15 is 0 Å². The fourth-order valence-electron chi connectivity index (χ4n) is 3.00. The van der Waals surface area contributed by atoms with E-state index in [0.717, 1.165) is 44.7 Å². The first-order valence-corrected chi connectivity index (χ1v) is 10.0. The highest BCUT2D eigenvalue weighted by Crippen LogP contribution is 2.28. The number of aryl methyl sites for hydroxylation is 1. The van der Waals surface area contributed by atoms with Crippen molar-refractivity contribution in [3.05, 3.63) is 42.5 Å². The standard InChI is InChI=1S/C21H34N4O3/c1-4-24(5-2)15-19(26)16-28-20-8-7-18(13-21(20)27-3)14-22-9-6-11-25-12-10-23-17-25/h7-8,10,12-13,17,19,22,26H,4-6,9,11,14-16H2,1-3H3. The lowest BCUT2D eigenvalue weighted by Crippen LogP contribution is -2.35. The number of rotatable bonds is 14. The molecule has 0 aliphatic rings. The topological polar surface area (TPSA) is 71.8 Å². The summed E-state index contributed by atoms with van der Waals surface area (Å²) >= 11 is 0. The Labute approximate surface area is 168 Å². The van der Waals surface area contributed by atoms with Crippen LogP contribution in [-0.4, -0.2) is 65.6 Å². The van der Waals surface area contributed by atoms with Gasteiger partial charge >= 0.3 is 0 Å². The molecule has 0 saturated carbocycles. The molecule has 1 unspecified atom stereocenters. The Morgan fingerprint density at radius 3 is 2.75 bits per heavy atom. The molecule has 1 heterocycles. The molecule has 0 saturated heterocycles. The van der Waals surface area contributed by atoms with E-state index in [2.05, 4.69) is 33.6 Å². The summed E-state index contributed by atoms with van der Waals surface area (Å²) in [7, 11) is 1.64. The second kappa shape index (κ2) is 12.4. The first-order chi connectivity index (χ1) is 13.7. The van der Waals surface area contributed by atoms with E-state index in [1.807, 2.05) is 30.7 Å². The minimum absolute atomic E-state index is 0.249. The maximum absolute atomic E-state index is 10.2. The molecule has 28 heavy (non-hydrogen) atoms. The molecule has 0 bridgehead atoms. The van der Waals surface area contributed by atoms with Crippen molar-refractivity contribution in [3.63, 3.8) is 0 Å². The van der Waals surface area contributed by atoms with Crippen LogP contribution >= 0.6 is 0 Å². The van der Waals surface area contributed by atoms with Crippen molar-refractivity contribution in [1.29, 1.82) is 0 Å². The summed E-state index contributed by atoms with van der Waals surface area (Å²) in [5, 5.41) is 13.6. The molecule has 0 radical (unpaired) electrons. The Kier molecular flexibility index (Phi) is 9.82. The number of methoxy groups -OCH3 is 1. The van der Waals surface area contributed by atoms with Crippen LogP contribution in [0.15, 0.2) is 36.9 Å². The van der Waals surface area contributed by atoms with Crippen molar-refractivity contribution in [3.8, 4) is 11.5 Å². The fourth-order valence-corrected chi connectivity index (χ4v) is 3.00. The number of aliphatic hydroxyl groups excluding tert-OH is 1. The maximum atomic E-state index is 10.2. The van der Waals surface area contributed by atoms with Crippen molar-refractivity contribution in [1.82, 2.24) is 19.8 Å². The highest BCUT2D eigenvalue weighted by molar-refractivity contribution is 5.43. The number of likely N-dealkylation sites (N-methyl/N-ethyl adjacent to an activating group) is 1. The molecule has 2 rings (SSSR count). The second-order valence-electron chi connectivity index (χ2n) is 6.77. The molecule has 0 fully saturated rings. The van der Waals surface area contributed by atoms with E-state index in [1.54, 1.807) is 13.3 Å². The molecule has 2 aromatic rings. The van der Waals surface area contributed by atoms with Crippen molar-refractivity contribution >= 4 is 0 Å². The van der Waals surface area contributed by atoms with Crippen LogP contribution in [0.2, 0.25) is 0 Å². The molecule has 1 aromatic heterocycles. The van der Waals surface area contributed by atoms with Crippen LogP contribution in [-0.2, 0) is 13.1 Å². The summed E-state index contributed by atoms with van der Waals surface area (Å²) in [6.45, 7) is 9.52. The van der Waals surface area contributed by atoms with Crippen LogP contribution < -0.4 is 14.8 Å². The van der Waals surface area contributed by atoms with E-state index in [9.17, 15) is 5.11 Å². The van der Waals surface area contributed by atoms with Gasteiger partial charge in [0.15, 0.2) is 11.5 Å². The minimum Gasteiger partial charge on any atom is -0.493 e. The molecule has 1 aromatic carbocycles. The SMILES string of the molecule is CCN(CC)CC(O)COc1ccc(CNCCCn2ccnc2)cc1OC. The number of hydrogen-bond donors (Lipinski definition) is 2. The van der Waals surface area contributed by atoms with Crippen LogP contribution in [0.25, 0.3) is 0 Å². The molecule has 0 aliphatic carbocycles. The minimum atomic E-state index is -0.526. The van der Waals surface area contributed by atoms with Gasteiger partial charge in [-0.1, -0.05) is 19.9 Å². The second-order valence-corrected chi connectivity index (χ2v) is 6.77. The number of ether oxygens (including phenoxy) is 2. The lowest BCUT2D eigenvalue weighted by Gasteiger charge is -2.22. The number of nitrogens with one attached hydrogen (secondary N) is 1. The Balaban J connectivity index is 1.75. The van der Waals surface area contributed by atoms with Gasteiger partial charge in [-0.2, -0.15) is 0 Å². The molecule has 0 spiro atoms. The predicted molar refractivity (Wildman–Crippen MR) is 111 cm³/mol. The molecular formula is C21H34N4O3. The van der Waals surface area contributed by atoms with Gasteiger partial charge in [-0.3, -0.25) is 0 Å². The number of hydrogen-bond acceptors (Lipinski definition) is 6. The van der Waals surface area contributed by atoms with Gasteiger partial charge < -0.3 is 29.4 Å². The van der Waals surface area contributed by atoms with E-state index < -0.39 is 6.10 Å². The Hall–Kier alpha value is -2.09. The van der Waals surface area contributed by atoms with Gasteiger partial charge in [-0.15, -0.1) is 0 Å². The number of nitrogens with zero attached hydrogens (tertiary/aromatic N) is 3. The summed E-state index contributed by atoms with van der Waals surface area (Å²) < 4.78 is 13.3. The maximum Gasteiger partial charge on any atom is 0.161 e. The number of imidazole rings is 1. The summed E-state index contributed by atoms with van der Waals surface area (Å²) in [6.07, 6.45) is 6.12. The quantitative estimate of drug-likeness (QED) is 0.482. The van der Waals surface area contributed by atoms with E-state index in [-0.39, 0.29) is 6.61 Å². The van der Waals surface area contributed by atoms with Gasteiger partial charge in [-0.05, 0) is 43.8 Å². The first-order valence-electron chi connectivity index (χ1n) is 10.0. The van der Waals surface area contributed by atoms with Gasteiger partial charge in [0.05, 0.1) is 13.4 Å². The lowest BCUT2D eigenvalue weighted by molar-refractivity contribution is 0.0705. The van der Waals surface area contributed by atoms with Crippen LogP contribution in [0.1, 0.15) is 25.8 Å². The molecule has 0 amide bonds. The van der Waals surface area contributed by atoms with Crippen molar-refractivity contribution in [2.45, 2.75) is 39.5 Å². The van der Waals surface area contributed by atoms with Gasteiger partial charge in [0, 0.05) is 32.0 Å². The van der Waals surface area contributed by atoms with Crippen LogP contribution in [0.3, 0.4) is 0 Å². The van der Waals surface area contributed by atoms with E-state index in [0.29, 0.717) is 18.0 Å². The summed E-state index contributed by atoms with van der Waals surface area (Å²) in [6, 6.07) is 5.91. The zero-order valence-electron chi connectivity index (χ0n) is 17.3. The van der Waals surface area contributed by atoms with Crippen molar-refractivity contribution in [2.24, 2.45) is 0 Å². The molecular weight excluding hydrogens is 356 g/mol. The largest absolute Gasteiger partial charge is 0.493 e. The van der Waals surface area contributed by atoms with Gasteiger partial charge in [-0.25, -0.2) is 4.98 Å². The number of aliphatic hydroxyl groups is 1. The first kappa shape index (κ1) is 22.2. The smallest absolute Gasteiger partial charge is 0.161 e. The fraction of sp³-hybridized carbons (Fsp3) is 0.571. The Bertz CT molecular complexity index is 660. The van der Waals surface area contributed by atoms with Gasteiger partial charge in [0.1, 0.15) is 12.7 Å². The van der Waals surface area contributed by atoms with Crippen LogP contribution in [0.5, 0.6) is 11.5 Å². The average Bonchev–Trinajstić information content (AvgIpc) is 3.24. The molecule has 2 N–H and O–H groups in total. The third-order valence-electron chi connectivity index (χ3n) is 4.68. The zero-order valence-corrected chi connectivity index (χ0v) is 17.3.